The van der Waals surface area contributed by atoms with Crippen molar-refractivity contribution in [3.8, 4) is 5.88 Å². The Morgan fingerprint density at radius 3 is 2.71 bits per heavy atom. The number of hydroxylamine groups is 1. The highest BCUT2D eigenvalue weighted by molar-refractivity contribution is 5.20. The number of aromatic nitrogens is 1. The molecule has 1 unspecified atom stereocenters. The van der Waals surface area contributed by atoms with Gasteiger partial charge in [-0.25, -0.2) is 9.99 Å². The predicted molar refractivity (Wildman–Crippen MR) is 82.6 cm³/mol. The van der Waals surface area contributed by atoms with Gasteiger partial charge in [0.15, 0.2) is 0 Å². The van der Waals surface area contributed by atoms with Gasteiger partial charge in [0.1, 0.15) is 0 Å². The lowest BCUT2D eigenvalue weighted by atomic mass is 9.91. The smallest absolute Gasteiger partial charge is 0.239 e. The zero-order chi connectivity index (χ0) is 14.5. The Labute approximate surface area is 125 Å². The monoisotopic (exact) mass is 283 g/mol. The molecule has 1 aliphatic rings. The van der Waals surface area contributed by atoms with E-state index in [1.54, 1.807) is 6.20 Å². The first-order valence-corrected chi connectivity index (χ1v) is 7.45. The summed E-state index contributed by atoms with van der Waals surface area (Å²) >= 11 is 0. The van der Waals surface area contributed by atoms with Gasteiger partial charge in [-0.05, 0) is 30.4 Å². The summed E-state index contributed by atoms with van der Waals surface area (Å²) in [7, 11) is 1.95. The molecule has 110 valence electrons. The number of piperidine rings is 1. The number of benzene rings is 1. The van der Waals surface area contributed by atoms with Crippen LogP contribution in [-0.4, -0.2) is 35.3 Å². The van der Waals surface area contributed by atoms with Crippen molar-refractivity contribution in [2.75, 3.05) is 20.1 Å². The van der Waals surface area contributed by atoms with Gasteiger partial charge in [0.25, 0.3) is 0 Å². The molecule has 4 heteroatoms. The lowest BCUT2D eigenvalue weighted by molar-refractivity contribution is -0.211. The van der Waals surface area contributed by atoms with Crippen LogP contribution in [0.4, 0.5) is 0 Å². The van der Waals surface area contributed by atoms with Crippen LogP contribution in [0.2, 0.25) is 0 Å². The summed E-state index contributed by atoms with van der Waals surface area (Å²) in [5.74, 6) is 1.19. The molecule has 1 aliphatic heterocycles. The van der Waals surface area contributed by atoms with E-state index in [0.717, 1.165) is 13.1 Å². The normalized spacial score (nSPS) is 19.6. The van der Waals surface area contributed by atoms with E-state index in [-0.39, 0.29) is 0 Å². The third-order valence-corrected chi connectivity index (χ3v) is 3.93. The van der Waals surface area contributed by atoms with Gasteiger partial charge in [-0.2, -0.15) is 0 Å². The maximum absolute atomic E-state index is 5.79. The van der Waals surface area contributed by atoms with E-state index in [9.17, 15) is 0 Å². The fraction of sp³-hybridized carbons (Fsp3) is 0.353. The van der Waals surface area contributed by atoms with Crippen molar-refractivity contribution >= 4 is 0 Å². The van der Waals surface area contributed by atoms with E-state index in [2.05, 4.69) is 40.3 Å². The highest BCUT2D eigenvalue weighted by atomic mass is 16.7. The van der Waals surface area contributed by atoms with Crippen LogP contribution in [0.3, 0.4) is 0 Å². The van der Waals surface area contributed by atoms with E-state index < -0.39 is 0 Å². The molecule has 0 spiro atoms. The second-order valence-corrected chi connectivity index (χ2v) is 5.39. The molecule has 1 atom stereocenters. The molecule has 2 aromatic rings. The Balaban J connectivity index is 1.63. The number of hydrogen-bond acceptors (Lipinski definition) is 4. The molecule has 1 saturated heterocycles. The molecule has 2 heterocycles. The van der Waals surface area contributed by atoms with E-state index in [1.807, 2.05) is 30.4 Å². The number of hydrazine groups is 1. The summed E-state index contributed by atoms with van der Waals surface area (Å²) in [5.41, 5.74) is 1.41. The molecule has 0 radical (unpaired) electrons. The maximum atomic E-state index is 5.79. The van der Waals surface area contributed by atoms with Gasteiger partial charge >= 0.3 is 0 Å². The molecule has 0 N–H and O–H groups in total. The van der Waals surface area contributed by atoms with Crippen molar-refractivity contribution in [1.29, 1.82) is 0 Å². The average molecular weight is 283 g/mol. The highest BCUT2D eigenvalue weighted by Gasteiger charge is 2.24. The molecule has 0 saturated carbocycles. The number of nitrogens with zero attached hydrogens (tertiary/aromatic N) is 3. The van der Waals surface area contributed by atoms with Crippen LogP contribution in [0.25, 0.3) is 0 Å². The lowest BCUT2D eigenvalue weighted by Gasteiger charge is -2.37. The number of pyridine rings is 1. The first kappa shape index (κ1) is 14.0. The van der Waals surface area contributed by atoms with Crippen molar-refractivity contribution in [2.45, 2.75) is 18.8 Å². The topological polar surface area (TPSA) is 28.6 Å². The van der Waals surface area contributed by atoms with Crippen molar-refractivity contribution < 1.29 is 4.84 Å². The SMILES string of the molecule is CN(Oc1ccccn1)N1CCCC(c2ccccc2)C1. The third-order valence-electron chi connectivity index (χ3n) is 3.93. The average Bonchev–Trinajstić information content (AvgIpc) is 2.57. The quantitative estimate of drug-likeness (QED) is 0.806. The minimum absolute atomic E-state index is 0.565. The van der Waals surface area contributed by atoms with Crippen LogP contribution in [0.15, 0.2) is 54.7 Å². The summed E-state index contributed by atoms with van der Waals surface area (Å²) in [4.78, 5) is 9.99. The predicted octanol–water partition coefficient (Wildman–Crippen LogP) is 3.10. The first-order valence-electron chi connectivity index (χ1n) is 7.45. The molecule has 21 heavy (non-hydrogen) atoms. The molecular formula is C17H21N3O. The summed E-state index contributed by atoms with van der Waals surface area (Å²) < 4.78 is 0. The van der Waals surface area contributed by atoms with Crippen LogP contribution in [0.5, 0.6) is 5.88 Å². The van der Waals surface area contributed by atoms with Crippen molar-refractivity contribution in [3.63, 3.8) is 0 Å². The minimum atomic E-state index is 0.565. The summed E-state index contributed by atoms with van der Waals surface area (Å²) in [5, 5.41) is 4.06. The Morgan fingerprint density at radius 2 is 1.95 bits per heavy atom. The summed E-state index contributed by atoms with van der Waals surface area (Å²) in [6.45, 7) is 2.00. The second-order valence-electron chi connectivity index (χ2n) is 5.39. The van der Waals surface area contributed by atoms with E-state index >= 15 is 0 Å². The van der Waals surface area contributed by atoms with Crippen LogP contribution in [0, 0.1) is 0 Å². The largest absolute Gasteiger partial charge is 0.371 e. The van der Waals surface area contributed by atoms with Gasteiger partial charge < -0.3 is 4.84 Å². The number of hydrogen-bond donors (Lipinski definition) is 0. The zero-order valence-electron chi connectivity index (χ0n) is 12.4. The fourth-order valence-corrected chi connectivity index (χ4v) is 2.80. The molecule has 4 nitrogen and oxygen atoms in total. The highest BCUT2D eigenvalue weighted by Crippen LogP contribution is 2.27. The van der Waals surface area contributed by atoms with Crippen LogP contribution >= 0.6 is 0 Å². The van der Waals surface area contributed by atoms with Crippen molar-refractivity contribution in [2.24, 2.45) is 0 Å². The summed E-state index contributed by atoms with van der Waals surface area (Å²) in [6.07, 6.45) is 4.15. The lowest BCUT2D eigenvalue weighted by Crippen LogP contribution is -2.47. The van der Waals surface area contributed by atoms with E-state index in [4.69, 9.17) is 4.84 Å². The minimum Gasteiger partial charge on any atom is -0.371 e. The van der Waals surface area contributed by atoms with Gasteiger partial charge in [-0.1, -0.05) is 41.6 Å². The molecule has 0 bridgehead atoms. The first-order chi connectivity index (χ1) is 10.3. The van der Waals surface area contributed by atoms with Crippen LogP contribution < -0.4 is 4.84 Å². The van der Waals surface area contributed by atoms with Gasteiger partial charge in [0.2, 0.25) is 5.88 Å². The van der Waals surface area contributed by atoms with E-state index in [1.165, 1.54) is 18.4 Å². The Morgan fingerprint density at radius 1 is 1.14 bits per heavy atom. The molecule has 1 fully saturated rings. The molecule has 0 amide bonds. The Kier molecular flexibility index (Phi) is 4.48. The second kappa shape index (κ2) is 6.70. The van der Waals surface area contributed by atoms with Gasteiger partial charge in [0, 0.05) is 32.4 Å². The third kappa shape index (κ3) is 3.60. The molecule has 0 aliphatic carbocycles. The molecule has 1 aromatic carbocycles. The maximum Gasteiger partial charge on any atom is 0.239 e. The van der Waals surface area contributed by atoms with E-state index in [0.29, 0.717) is 11.8 Å². The van der Waals surface area contributed by atoms with Crippen molar-refractivity contribution in [1.82, 2.24) is 15.2 Å². The van der Waals surface area contributed by atoms with Gasteiger partial charge in [-0.15, -0.1) is 0 Å². The standard InChI is InChI=1S/C17H21N3O/c1-19(21-17-11-5-6-12-18-17)20-13-7-10-16(14-20)15-8-3-2-4-9-15/h2-6,8-9,11-12,16H,7,10,13-14H2,1H3. The molecule has 3 rings (SSSR count). The Bertz CT molecular complexity index is 546. The summed E-state index contributed by atoms with van der Waals surface area (Å²) in [6, 6.07) is 16.4. The Hall–Kier alpha value is -1.91. The van der Waals surface area contributed by atoms with Crippen molar-refractivity contribution in [3.05, 3.63) is 60.3 Å². The molecule has 1 aromatic heterocycles. The van der Waals surface area contributed by atoms with Crippen LogP contribution in [0.1, 0.15) is 24.3 Å². The fourth-order valence-electron chi connectivity index (χ4n) is 2.80. The van der Waals surface area contributed by atoms with Gasteiger partial charge in [0.05, 0.1) is 0 Å². The van der Waals surface area contributed by atoms with Crippen LogP contribution in [-0.2, 0) is 0 Å². The zero-order valence-corrected chi connectivity index (χ0v) is 12.4. The van der Waals surface area contributed by atoms with Gasteiger partial charge in [-0.3, -0.25) is 0 Å². The number of rotatable bonds is 4. The molecular weight excluding hydrogens is 262 g/mol.